The molecule has 0 unspecified atom stereocenters. The summed E-state index contributed by atoms with van der Waals surface area (Å²) in [6.07, 6.45) is 7.04. The summed E-state index contributed by atoms with van der Waals surface area (Å²) in [5, 5.41) is 8.72. The van der Waals surface area contributed by atoms with Crippen LogP contribution in [-0.4, -0.2) is 53.0 Å². The predicted octanol–water partition coefficient (Wildman–Crippen LogP) is 5.79. The molecule has 10 heteroatoms. The van der Waals surface area contributed by atoms with Gasteiger partial charge in [-0.15, -0.1) is 0 Å². The first-order valence-electron chi connectivity index (χ1n) is 15.6. The molecule has 5 aromatic rings. The Bertz CT molecular complexity index is 1950. The maximum atomic E-state index is 13.7. The number of Topliss-reactive ketones (excluding diaryl/α,β-unsaturated/α-hetero) is 1. The minimum absolute atomic E-state index is 0.0729. The van der Waals surface area contributed by atoms with E-state index >= 15 is 0 Å². The van der Waals surface area contributed by atoms with Gasteiger partial charge < -0.3 is 24.5 Å². The first-order valence-corrected chi connectivity index (χ1v) is 15.6. The molecule has 0 radical (unpaired) electrons. The first-order chi connectivity index (χ1) is 22.8. The van der Waals surface area contributed by atoms with Gasteiger partial charge in [0.1, 0.15) is 5.82 Å². The van der Waals surface area contributed by atoms with Crippen molar-refractivity contribution in [3.8, 4) is 45.0 Å². The van der Waals surface area contributed by atoms with Crippen molar-refractivity contribution in [3.05, 3.63) is 106 Å². The Hall–Kier alpha value is -5.35. The number of aryl methyl sites for hydroxylation is 1. The number of rotatable bonds is 10. The maximum absolute atomic E-state index is 13.7. The number of aromatic nitrogens is 4. The van der Waals surface area contributed by atoms with E-state index < -0.39 is 0 Å². The van der Waals surface area contributed by atoms with Gasteiger partial charge >= 0.3 is 0 Å². The van der Waals surface area contributed by atoms with Gasteiger partial charge in [-0.1, -0.05) is 35.9 Å². The molecule has 1 aliphatic rings. The number of hydrogen-bond acceptors (Lipinski definition) is 9. The molecule has 47 heavy (non-hydrogen) atoms. The number of carbonyl (C=O) groups excluding carboxylic acids is 1. The van der Waals surface area contributed by atoms with Gasteiger partial charge in [-0.25, -0.2) is 4.98 Å². The van der Waals surface area contributed by atoms with Crippen molar-refractivity contribution in [1.29, 1.82) is 0 Å². The quantitative estimate of drug-likeness (QED) is 0.190. The Kier molecular flexibility index (Phi) is 9.40. The fraction of sp³-hybridized carbons (Fsp3) is 0.270. The minimum Gasteiger partial charge on any atom is -0.493 e. The zero-order valence-corrected chi connectivity index (χ0v) is 26.7. The van der Waals surface area contributed by atoms with E-state index in [9.17, 15) is 9.59 Å². The van der Waals surface area contributed by atoms with Crippen LogP contribution in [0.2, 0.25) is 0 Å². The highest BCUT2D eigenvalue weighted by molar-refractivity contribution is 5.98. The summed E-state index contributed by atoms with van der Waals surface area (Å²) in [6, 6.07) is 18.7. The molecular formula is C37H37N5O5. The van der Waals surface area contributed by atoms with Gasteiger partial charge in [0.15, 0.2) is 22.7 Å². The van der Waals surface area contributed by atoms with Gasteiger partial charge in [-0.05, 0) is 67.1 Å². The number of anilines is 1. The number of nitrogen functional groups attached to an aromatic ring is 1. The molecule has 0 saturated carbocycles. The molecule has 1 saturated heterocycles. The van der Waals surface area contributed by atoms with E-state index in [0.717, 1.165) is 48.3 Å². The van der Waals surface area contributed by atoms with Crippen LogP contribution in [0.5, 0.6) is 11.5 Å². The molecule has 0 bridgehead atoms. The summed E-state index contributed by atoms with van der Waals surface area (Å²) in [7, 11) is 3.17. The second-order valence-corrected chi connectivity index (χ2v) is 11.8. The molecular weight excluding hydrogens is 594 g/mol. The maximum Gasteiger partial charge on any atom is 0.200 e. The van der Waals surface area contributed by atoms with Crippen molar-refractivity contribution < 1.29 is 19.0 Å². The lowest BCUT2D eigenvalue weighted by molar-refractivity contribution is 0.0612. The van der Waals surface area contributed by atoms with E-state index in [1.807, 2.05) is 66.2 Å². The average Bonchev–Trinajstić information content (AvgIpc) is 3.10. The van der Waals surface area contributed by atoms with Crippen LogP contribution in [0.25, 0.3) is 33.5 Å². The number of pyridine rings is 2. The molecule has 0 aliphatic carbocycles. The number of hydrogen-bond donors (Lipinski definition) is 1. The molecule has 1 aliphatic heterocycles. The normalized spacial score (nSPS) is 13.3. The fourth-order valence-corrected chi connectivity index (χ4v) is 5.81. The van der Waals surface area contributed by atoms with Gasteiger partial charge in [0.05, 0.1) is 37.6 Å². The molecule has 3 aromatic heterocycles. The monoisotopic (exact) mass is 631 g/mol. The van der Waals surface area contributed by atoms with Crippen LogP contribution >= 0.6 is 0 Å². The van der Waals surface area contributed by atoms with Crippen LogP contribution in [0.1, 0.15) is 34.5 Å². The van der Waals surface area contributed by atoms with Crippen LogP contribution in [0, 0.1) is 12.8 Å². The van der Waals surface area contributed by atoms with Crippen LogP contribution in [0.3, 0.4) is 0 Å². The Morgan fingerprint density at radius 3 is 2.34 bits per heavy atom. The molecule has 0 spiro atoms. The van der Waals surface area contributed by atoms with E-state index in [1.54, 1.807) is 38.7 Å². The highest BCUT2D eigenvalue weighted by Crippen LogP contribution is 2.34. The van der Waals surface area contributed by atoms with Crippen molar-refractivity contribution in [1.82, 2.24) is 19.7 Å². The molecule has 0 amide bonds. The highest BCUT2D eigenvalue weighted by atomic mass is 16.5. The zero-order valence-electron chi connectivity index (χ0n) is 26.7. The molecule has 10 nitrogen and oxygen atoms in total. The lowest BCUT2D eigenvalue weighted by Crippen LogP contribution is -2.25. The van der Waals surface area contributed by atoms with Gasteiger partial charge in [-0.2, -0.15) is 10.2 Å². The summed E-state index contributed by atoms with van der Waals surface area (Å²) in [6.45, 7) is 4.14. The van der Waals surface area contributed by atoms with Crippen LogP contribution in [0.15, 0.2) is 84.0 Å². The molecule has 6 rings (SSSR count). The SMILES string of the molecule is COc1ccc(-c2cnc(N)c(-c3ccc(CC(=O)c4cn(CC5CCOCC5)cc(-c5ccc(C)cc5)c4=O)nn3)c2)cc1OC. The summed E-state index contributed by atoms with van der Waals surface area (Å²) in [5.41, 5.74) is 11.7. The van der Waals surface area contributed by atoms with Crippen molar-refractivity contribution in [2.45, 2.75) is 32.7 Å². The van der Waals surface area contributed by atoms with Crippen LogP contribution < -0.4 is 20.6 Å². The molecule has 0 atom stereocenters. The lowest BCUT2D eigenvalue weighted by atomic mass is 9.98. The number of carbonyl (C=O) groups is 1. The zero-order chi connectivity index (χ0) is 32.9. The standard InChI is InChI=1S/C37H37N5O5/c1-23-4-6-25(7-5-23)30-21-42(20-24-12-14-47-15-13-24)22-31(36(30)44)33(43)18-28-9-10-32(41-40-28)29-16-27(19-39-37(29)38)26-8-11-34(45-2)35(17-26)46-3/h4-11,16-17,19,21-22,24H,12-15,18,20H2,1-3H3,(H2,38,39). The minimum atomic E-state index is -0.316. The lowest BCUT2D eigenvalue weighted by Gasteiger charge is -2.23. The molecule has 2 aromatic carbocycles. The fourth-order valence-electron chi connectivity index (χ4n) is 5.81. The van der Waals surface area contributed by atoms with E-state index in [4.69, 9.17) is 19.9 Å². The predicted molar refractivity (Wildman–Crippen MR) is 181 cm³/mol. The second-order valence-electron chi connectivity index (χ2n) is 11.8. The highest BCUT2D eigenvalue weighted by Gasteiger charge is 2.20. The first kappa shape index (κ1) is 31.6. The van der Waals surface area contributed by atoms with Gasteiger partial charge in [0.2, 0.25) is 0 Å². The number of methoxy groups -OCH3 is 2. The van der Waals surface area contributed by atoms with Crippen molar-refractivity contribution in [2.24, 2.45) is 5.92 Å². The van der Waals surface area contributed by atoms with Gasteiger partial charge in [0.25, 0.3) is 0 Å². The third kappa shape index (κ3) is 7.07. The van der Waals surface area contributed by atoms with Gasteiger partial charge in [-0.3, -0.25) is 9.59 Å². The largest absolute Gasteiger partial charge is 0.493 e. The van der Waals surface area contributed by atoms with Gasteiger partial charge in [0, 0.05) is 55.0 Å². The Morgan fingerprint density at radius 2 is 1.64 bits per heavy atom. The van der Waals surface area contributed by atoms with Crippen LogP contribution in [0.4, 0.5) is 5.82 Å². The second kappa shape index (κ2) is 14.0. The van der Waals surface area contributed by atoms with E-state index in [-0.39, 0.29) is 23.2 Å². The third-order valence-corrected chi connectivity index (χ3v) is 8.52. The Morgan fingerprint density at radius 1 is 0.894 bits per heavy atom. The Labute approximate surface area is 273 Å². The summed E-state index contributed by atoms with van der Waals surface area (Å²) in [4.78, 5) is 31.8. The topological polar surface area (TPSA) is 131 Å². The van der Waals surface area contributed by atoms with E-state index in [1.165, 1.54) is 0 Å². The Balaban J connectivity index is 1.26. The molecule has 1 fully saturated rings. The van der Waals surface area contributed by atoms with Crippen molar-refractivity contribution in [3.63, 3.8) is 0 Å². The summed E-state index contributed by atoms with van der Waals surface area (Å²) >= 11 is 0. The number of nitrogens with two attached hydrogens (primary N) is 1. The molecule has 4 heterocycles. The number of benzene rings is 2. The third-order valence-electron chi connectivity index (χ3n) is 8.52. The smallest absolute Gasteiger partial charge is 0.200 e. The molecule has 240 valence electrons. The summed E-state index contributed by atoms with van der Waals surface area (Å²) < 4.78 is 18.3. The van der Waals surface area contributed by atoms with Crippen molar-refractivity contribution in [2.75, 3.05) is 33.2 Å². The number of ether oxygens (including phenoxy) is 3. The number of nitrogens with zero attached hydrogens (tertiary/aromatic N) is 4. The van der Waals surface area contributed by atoms with Crippen LogP contribution in [-0.2, 0) is 17.7 Å². The molecule has 2 N–H and O–H groups in total. The van der Waals surface area contributed by atoms with E-state index in [2.05, 4.69) is 15.2 Å². The average molecular weight is 632 g/mol. The van der Waals surface area contributed by atoms with E-state index in [0.29, 0.717) is 52.3 Å². The summed E-state index contributed by atoms with van der Waals surface area (Å²) in [5.74, 6) is 1.60. The number of ketones is 1. The van der Waals surface area contributed by atoms with Crippen molar-refractivity contribution >= 4 is 11.6 Å².